The molecule has 0 heterocycles. The molecule has 0 aliphatic heterocycles. The summed E-state index contributed by atoms with van der Waals surface area (Å²) in [4.78, 5) is 0. The van der Waals surface area contributed by atoms with Crippen LogP contribution in [-0.4, -0.2) is 13.6 Å². The molecule has 0 radical (unpaired) electrons. The molecular formula is C11H16ClN. The van der Waals surface area contributed by atoms with E-state index in [4.69, 9.17) is 11.6 Å². The summed E-state index contributed by atoms with van der Waals surface area (Å²) in [7, 11) is 1.97. The van der Waals surface area contributed by atoms with Crippen LogP contribution in [0.5, 0.6) is 0 Å². The predicted molar refractivity (Wildman–Crippen MR) is 58.4 cm³/mol. The van der Waals surface area contributed by atoms with E-state index >= 15 is 0 Å². The zero-order valence-corrected chi connectivity index (χ0v) is 8.93. The van der Waals surface area contributed by atoms with E-state index in [0.29, 0.717) is 5.92 Å². The van der Waals surface area contributed by atoms with Crippen LogP contribution in [0.15, 0.2) is 24.3 Å². The monoisotopic (exact) mass is 197 g/mol. The minimum absolute atomic E-state index is 0.529. The standard InChI is InChI=1S/C11H16ClN/c1-9(7-8-13-2)10-5-3-4-6-11(10)12/h3-6,9,13H,7-8H2,1-2H3/t9-/m1/s1. The summed E-state index contributed by atoms with van der Waals surface area (Å²) in [6.45, 7) is 3.24. The summed E-state index contributed by atoms with van der Waals surface area (Å²) < 4.78 is 0. The predicted octanol–water partition coefficient (Wildman–Crippen LogP) is 3.05. The quantitative estimate of drug-likeness (QED) is 0.783. The normalized spacial score (nSPS) is 12.8. The molecule has 0 saturated carbocycles. The lowest BCUT2D eigenvalue weighted by Crippen LogP contribution is -2.10. The Morgan fingerprint density at radius 1 is 1.38 bits per heavy atom. The Bertz CT molecular complexity index is 260. The second-order valence-electron chi connectivity index (χ2n) is 3.31. The Kier molecular flexibility index (Phi) is 4.26. The molecule has 1 N–H and O–H groups in total. The first-order chi connectivity index (χ1) is 6.25. The van der Waals surface area contributed by atoms with Crippen molar-refractivity contribution in [2.75, 3.05) is 13.6 Å². The van der Waals surface area contributed by atoms with Gasteiger partial charge in [0.1, 0.15) is 0 Å². The molecule has 72 valence electrons. The van der Waals surface area contributed by atoms with Gasteiger partial charge in [-0.05, 0) is 37.6 Å². The van der Waals surface area contributed by atoms with Gasteiger partial charge >= 0.3 is 0 Å². The molecule has 1 aromatic rings. The lowest BCUT2D eigenvalue weighted by Gasteiger charge is -2.12. The Morgan fingerprint density at radius 2 is 2.08 bits per heavy atom. The molecule has 1 atom stereocenters. The smallest absolute Gasteiger partial charge is 0.0440 e. The van der Waals surface area contributed by atoms with Gasteiger partial charge in [0.05, 0.1) is 0 Å². The van der Waals surface area contributed by atoms with Crippen molar-refractivity contribution < 1.29 is 0 Å². The van der Waals surface area contributed by atoms with E-state index in [0.717, 1.165) is 18.0 Å². The molecule has 0 saturated heterocycles. The summed E-state index contributed by atoms with van der Waals surface area (Å²) >= 11 is 6.08. The summed E-state index contributed by atoms with van der Waals surface area (Å²) in [6, 6.07) is 8.06. The van der Waals surface area contributed by atoms with E-state index in [9.17, 15) is 0 Å². The third kappa shape index (κ3) is 3.02. The van der Waals surface area contributed by atoms with Crippen LogP contribution in [0.1, 0.15) is 24.8 Å². The molecule has 13 heavy (non-hydrogen) atoms. The van der Waals surface area contributed by atoms with Crippen LogP contribution in [0, 0.1) is 0 Å². The van der Waals surface area contributed by atoms with Crippen LogP contribution in [0.2, 0.25) is 5.02 Å². The van der Waals surface area contributed by atoms with Crippen molar-refractivity contribution >= 4 is 11.6 Å². The molecule has 1 aromatic carbocycles. The number of hydrogen-bond donors (Lipinski definition) is 1. The number of halogens is 1. The molecule has 0 bridgehead atoms. The first-order valence-electron chi connectivity index (χ1n) is 4.64. The molecule has 0 amide bonds. The highest BCUT2D eigenvalue weighted by Gasteiger charge is 2.07. The highest BCUT2D eigenvalue weighted by Crippen LogP contribution is 2.25. The maximum atomic E-state index is 6.08. The van der Waals surface area contributed by atoms with E-state index in [1.54, 1.807) is 0 Å². The SMILES string of the molecule is CNCC[C@@H](C)c1ccccc1Cl. The van der Waals surface area contributed by atoms with Crippen LogP contribution >= 0.6 is 11.6 Å². The van der Waals surface area contributed by atoms with Crippen LogP contribution in [0.3, 0.4) is 0 Å². The Labute approximate surface area is 85.1 Å². The third-order valence-corrected chi connectivity index (χ3v) is 2.61. The van der Waals surface area contributed by atoms with E-state index in [2.05, 4.69) is 18.3 Å². The first kappa shape index (κ1) is 10.6. The Morgan fingerprint density at radius 3 is 2.69 bits per heavy atom. The van der Waals surface area contributed by atoms with Gasteiger partial charge in [-0.1, -0.05) is 36.7 Å². The van der Waals surface area contributed by atoms with E-state index < -0.39 is 0 Å². The van der Waals surface area contributed by atoms with Crippen molar-refractivity contribution in [2.24, 2.45) is 0 Å². The van der Waals surface area contributed by atoms with Crippen molar-refractivity contribution in [3.05, 3.63) is 34.9 Å². The largest absolute Gasteiger partial charge is 0.320 e. The van der Waals surface area contributed by atoms with Crippen LogP contribution in [-0.2, 0) is 0 Å². The highest BCUT2D eigenvalue weighted by molar-refractivity contribution is 6.31. The molecule has 0 aliphatic carbocycles. The lowest BCUT2D eigenvalue weighted by atomic mass is 9.98. The summed E-state index contributed by atoms with van der Waals surface area (Å²) in [5, 5.41) is 4.03. The van der Waals surface area contributed by atoms with Gasteiger partial charge in [-0.2, -0.15) is 0 Å². The van der Waals surface area contributed by atoms with Crippen molar-refractivity contribution in [1.29, 1.82) is 0 Å². The molecule has 0 fully saturated rings. The van der Waals surface area contributed by atoms with Gasteiger partial charge in [0.2, 0.25) is 0 Å². The number of benzene rings is 1. The fourth-order valence-corrected chi connectivity index (χ4v) is 1.71. The molecule has 0 aliphatic rings. The minimum Gasteiger partial charge on any atom is -0.320 e. The molecular weight excluding hydrogens is 182 g/mol. The fourth-order valence-electron chi connectivity index (χ4n) is 1.39. The average Bonchev–Trinajstić information content (AvgIpc) is 2.15. The molecule has 0 unspecified atom stereocenters. The van der Waals surface area contributed by atoms with Gasteiger partial charge in [-0.25, -0.2) is 0 Å². The van der Waals surface area contributed by atoms with Crippen LogP contribution in [0.25, 0.3) is 0 Å². The minimum atomic E-state index is 0.529. The lowest BCUT2D eigenvalue weighted by molar-refractivity contribution is 0.636. The number of nitrogens with one attached hydrogen (secondary N) is 1. The van der Waals surface area contributed by atoms with Gasteiger partial charge < -0.3 is 5.32 Å². The molecule has 0 aromatic heterocycles. The maximum absolute atomic E-state index is 6.08. The zero-order chi connectivity index (χ0) is 9.68. The van der Waals surface area contributed by atoms with E-state index in [-0.39, 0.29) is 0 Å². The third-order valence-electron chi connectivity index (χ3n) is 2.26. The maximum Gasteiger partial charge on any atom is 0.0440 e. The second kappa shape index (κ2) is 5.25. The van der Waals surface area contributed by atoms with Crippen molar-refractivity contribution in [1.82, 2.24) is 5.32 Å². The van der Waals surface area contributed by atoms with Crippen LogP contribution in [0.4, 0.5) is 0 Å². The second-order valence-corrected chi connectivity index (χ2v) is 3.72. The van der Waals surface area contributed by atoms with Crippen LogP contribution < -0.4 is 5.32 Å². The Hall–Kier alpha value is -0.530. The van der Waals surface area contributed by atoms with E-state index in [1.165, 1.54) is 5.56 Å². The average molecular weight is 198 g/mol. The number of hydrogen-bond acceptors (Lipinski definition) is 1. The Balaban J connectivity index is 2.65. The van der Waals surface area contributed by atoms with Gasteiger partial charge in [-0.3, -0.25) is 0 Å². The van der Waals surface area contributed by atoms with Gasteiger partial charge in [0.15, 0.2) is 0 Å². The number of rotatable bonds is 4. The fraction of sp³-hybridized carbons (Fsp3) is 0.455. The van der Waals surface area contributed by atoms with Gasteiger partial charge in [-0.15, -0.1) is 0 Å². The van der Waals surface area contributed by atoms with Gasteiger partial charge in [0.25, 0.3) is 0 Å². The molecule has 2 heteroatoms. The van der Waals surface area contributed by atoms with E-state index in [1.807, 2.05) is 25.2 Å². The molecule has 1 nitrogen and oxygen atoms in total. The molecule has 0 spiro atoms. The summed E-state index contributed by atoms with van der Waals surface area (Å²) in [6.07, 6.45) is 1.13. The topological polar surface area (TPSA) is 12.0 Å². The first-order valence-corrected chi connectivity index (χ1v) is 5.02. The summed E-state index contributed by atoms with van der Waals surface area (Å²) in [5.74, 6) is 0.529. The van der Waals surface area contributed by atoms with Crippen molar-refractivity contribution in [2.45, 2.75) is 19.3 Å². The summed E-state index contributed by atoms with van der Waals surface area (Å²) in [5.41, 5.74) is 1.25. The zero-order valence-electron chi connectivity index (χ0n) is 8.18. The van der Waals surface area contributed by atoms with Crippen molar-refractivity contribution in [3.63, 3.8) is 0 Å². The van der Waals surface area contributed by atoms with Crippen molar-refractivity contribution in [3.8, 4) is 0 Å². The van der Waals surface area contributed by atoms with Gasteiger partial charge in [0, 0.05) is 5.02 Å². The highest BCUT2D eigenvalue weighted by atomic mass is 35.5. The molecule has 1 rings (SSSR count).